The molecule has 1 fully saturated rings. The van der Waals surface area contributed by atoms with Gasteiger partial charge in [-0.05, 0) is 55.8 Å². The Bertz CT molecular complexity index is 392. The van der Waals surface area contributed by atoms with Crippen molar-refractivity contribution in [2.45, 2.75) is 25.2 Å². The van der Waals surface area contributed by atoms with Gasteiger partial charge in [0.2, 0.25) is 0 Å². The maximum absolute atomic E-state index is 3.59. The Kier molecular flexibility index (Phi) is 5.59. The average molecular weight is 278 g/mol. The summed E-state index contributed by atoms with van der Waals surface area (Å²) < 4.78 is 0. The summed E-state index contributed by atoms with van der Waals surface area (Å²) in [7, 11) is 0. The third-order valence-corrected chi connectivity index (χ3v) is 4.42. The van der Waals surface area contributed by atoms with Gasteiger partial charge in [-0.25, -0.2) is 0 Å². The molecule has 2 rings (SSSR count). The minimum Gasteiger partial charge on any atom is -0.371 e. The number of benzene rings is 1. The van der Waals surface area contributed by atoms with Crippen LogP contribution in [0.5, 0.6) is 0 Å². The van der Waals surface area contributed by atoms with Crippen LogP contribution in [0.3, 0.4) is 0 Å². The van der Waals surface area contributed by atoms with Crippen molar-refractivity contribution in [2.75, 3.05) is 37.3 Å². The fourth-order valence-corrected chi connectivity index (χ4v) is 3.07. The number of hydrogen-bond donors (Lipinski definition) is 1. The zero-order valence-electron chi connectivity index (χ0n) is 12.4. The molecule has 0 amide bonds. The maximum atomic E-state index is 3.59. The van der Waals surface area contributed by atoms with E-state index in [9.17, 15) is 0 Å². The van der Waals surface area contributed by atoms with E-state index >= 15 is 0 Å². The fraction of sp³-hybridized carbons (Fsp3) is 0.625. The van der Waals surface area contributed by atoms with Crippen LogP contribution in [-0.4, -0.2) is 32.4 Å². The van der Waals surface area contributed by atoms with Crippen molar-refractivity contribution in [3.8, 4) is 0 Å². The minimum atomic E-state index is 0.746. The van der Waals surface area contributed by atoms with E-state index in [4.69, 9.17) is 0 Å². The number of rotatable bonds is 6. The third kappa shape index (κ3) is 4.43. The molecule has 106 valence electrons. The first-order valence-corrected chi connectivity index (χ1v) is 8.51. The van der Waals surface area contributed by atoms with Gasteiger partial charge in [-0.15, -0.1) is 11.8 Å². The molecule has 1 aliphatic rings. The molecule has 1 aromatic rings. The van der Waals surface area contributed by atoms with Crippen LogP contribution in [0.1, 0.15) is 20.3 Å². The highest BCUT2D eigenvalue weighted by atomic mass is 32.2. The second kappa shape index (κ2) is 7.20. The van der Waals surface area contributed by atoms with Gasteiger partial charge < -0.3 is 10.2 Å². The molecule has 3 heteroatoms. The Morgan fingerprint density at radius 1 is 1.42 bits per heavy atom. The molecule has 1 aliphatic heterocycles. The number of hydrogen-bond acceptors (Lipinski definition) is 3. The second-order valence-electron chi connectivity index (χ2n) is 5.85. The van der Waals surface area contributed by atoms with Gasteiger partial charge in [0.25, 0.3) is 0 Å². The summed E-state index contributed by atoms with van der Waals surface area (Å²) in [5.41, 5.74) is 1.39. The number of anilines is 1. The second-order valence-corrected chi connectivity index (χ2v) is 6.73. The first-order chi connectivity index (χ1) is 9.19. The molecule has 0 saturated carbocycles. The molecule has 1 aromatic carbocycles. The van der Waals surface area contributed by atoms with Crippen LogP contribution in [0.2, 0.25) is 0 Å². The summed E-state index contributed by atoms with van der Waals surface area (Å²) in [6.45, 7) is 9.23. The molecule has 1 saturated heterocycles. The third-order valence-electron chi connectivity index (χ3n) is 3.69. The molecular weight excluding hydrogens is 252 g/mol. The number of thioether (sulfide) groups is 1. The van der Waals surface area contributed by atoms with Gasteiger partial charge in [0.1, 0.15) is 0 Å². The average Bonchev–Trinajstić information content (AvgIpc) is 2.87. The van der Waals surface area contributed by atoms with Gasteiger partial charge in [0.15, 0.2) is 0 Å². The van der Waals surface area contributed by atoms with Gasteiger partial charge in [0, 0.05) is 23.7 Å². The van der Waals surface area contributed by atoms with Crippen LogP contribution in [-0.2, 0) is 0 Å². The lowest BCUT2D eigenvalue weighted by Gasteiger charge is -2.19. The first-order valence-electron chi connectivity index (χ1n) is 7.28. The number of nitrogens with zero attached hydrogens (tertiary/aromatic N) is 1. The van der Waals surface area contributed by atoms with E-state index in [0.717, 1.165) is 24.9 Å². The quantitative estimate of drug-likeness (QED) is 0.802. The fourth-order valence-electron chi connectivity index (χ4n) is 2.62. The maximum Gasteiger partial charge on any atom is 0.0377 e. The Morgan fingerprint density at radius 3 is 3.00 bits per heavy atom. The summed E-state index contributed by atoms with van der Waals surface area (Å²) in [5, 5.41) is 3.59. The predicted molar refractivity (Wildman–Crippen MR) is 86.3 cm³/mol. The molecule has 19 heavy (non-hydrogen) atoms. The Balaban J connectivity index is 1.83. The molecular formula is C16H26N2S. The van der Waals surface area contributed by atoms with Crippen molar-refractivity contribution in [3.05, 3.63) is 24.3 Å². The molecule has 0 aliphatic carbocycles. The highest BCUT2D eigenvalue weighted by molar-refractivity contribution is 7.98. The van der Waals surface area contributed by atoms with E-state index < -0.39 is 0 Å². The summed E-state index contributed by atoms with van der Waals surface area (Å²) in [6.07, 6.45) is 3.45. The van der Waals surface area contributed by atoms with Crippen LogP contribution in [0.15, 0.2) is 29.2 Å². The van der Waals surface area contributed by atoms with Crippen molar-refractivity contribution in [1.82, 2.24) is 5.32 Å². The van der Waals surface area contributed by atoms with Crippen molar-refractivity contribution >= 4 is 17.4 Å². The van der Waals surface area contributed by atoms with Crippen LogP contribution < -0.4 is 10.2 Å². The zero-order valence-corrected chi connectivity index (χ0v) is 13.2. The van der Waals surface area contributed by atoms with Gasteiger partial charge in [0.05, 0.1) is 0 Å². The predicted octanol–water partition coefficient (Wildman–Crippen LogP) is 3.48. The molecule has 1 heterocycles. The molecule has 0 radical (unpaired) electrons. The normalized spacial score (nSPS) is 19.4. The lowest BCUT2D eigenvalue weighted by Crippen LogP contribution is -2.28. The van der Waals surface area contributed by atoms with E-state index in [2.05, 4.69) is 54.6 Å². The Labute approximate surface area is 122 Å². The van der Waals surface area contributed by atoms with Crippen LogP contribution in [0.25, 0.3) is 0 Å². The Morgan fingerprint density at radius 2 is 2.26 bits per heavy atom. The zero-order chi connectivity index (χ0) is 13.7. The molecule has 1 atom stereocenters. The van der Waals surface area contributed by atoms with Crippen LogP contribution >= 0.6 is 11.8 Å². The largest absolute Gasteiger partial charge is 0.371 e. The van der Waals surface area contributed by atoms with Crippen molar-refractivity contribution in [3.63, 3.8) is 0 Å². The minimum absolute atomic E-state index is 0.746. The lowest BCUT2D eigenvalue weighted by molar-refractivity contribution is 0.477. The van der Waals surface area contributed by atoms with Crippen molar-refractivity contribution in [1.29, 1.82) is 0 Å². The molecule has 1 N–H and O–H groups in total. The summed E-state index contributed by atoms with van der Waals surface area (Å²) in [4.78, 5) is 3.89. The standard InChI is InChI=1S/C16H26N2S/c1-13(2)10-17-11-14-7-8-18(12-14)15-5-4-6-16(9-15)19-3/h4-6,9,13-14,17H,7-8,10-12H2,1-3H3. The van der Waals surface area contributed by atoms with Crippen LogP contribution in [0.4, 0.5) is 5.69 Å². The highest BCUT2D eigenvalue weighted by Crippen LogP contribution is 2.26. The van der Waals surface area contributed by atoms with Crippen molar-refractivity contribution in [2.24, 2.45) is 11.8 Å². The molecule has 2 nitrogen and oxygen atoms in total. The molecule has 0 aromatic heterocycles. The van der Waals surface area contributed by atoms with Crippen molar-refractivity contribution < 1.29 is 0 Å². The first kappa shape index (κ1) is 14.7. The topological polar surface area (TPSA) is 15.3 Å². The smallest absolute Gasteiger partial charge is 0.0377 e. The van der Waals surface area contributed by atoms with Gasteiger partial charge in [-0.1, -0.05) is 19.9 Å². The highest BCUT2D eigenvalue weighted by Gasteiger charge is 2.22. The van der Waals surface area contributed by atoms with Crippen LogP contribution in [0, 0.1) is 11.8 Å². The van der Waals surface area contributed by atoms with E-state index in [0.29, 0.717) is 0 Å². The van der Waals surface area contributed by atoms with Gasteiger partial charge in [-0.2, -0.15) is 0 Å². The molecule has 0 bridgehead atoms. The summed E-state index contributed by atoms with van der Waals surface area (Å²) in [6, 6.07) is 8.91. The Hall–Kier alpha value is -0.670. The van der Waals surface area contributed by atoms with Gasteiger partial charge in [-0.3, -0.25) is 0 Å². The monoisotopic (exact) mass is 278 g/mol. The summed E-state index contributed by atoms with van der Waals surface area (Å²) >= 11 is 1.82. The van der Waals surface area contributed by atoms with E-state index in [1.807, 2.05) is 11.8 Å². The van der Waals surface area contributed by atoms with E-state index in [1.165, 1.54) is 30.1 Å². The molecule has 0 spiro atoms. The number of nitrogens with one attached hydrogen (secondary N) is 1. The SMILES string of the molecule is CSc1cccc(N2CCC(CNCC(C)C)C2)c1. The molecule has 1 unspecified atom stereocenters. The van der Waals surface area contributed by atoms with E-state index in [1.54, 1.807) is 0 Å². The summed E-state index contributed by atoms with van der Waals surface area (Å²) in [5.74, 6) is 1.55. The lowest BCUT2D eigenvalue weighted by atomic mass is 10.1. The van der Waals surface area contributed by atoms with E-state index in [-0.39, 0.29) is 0 Å². The van der Waals surface area contributed by atoms with Gasteiger partial charge >= 0.3 is 0 Å².